The van der Waals surface area contributed by atoms with Crippen LogP contribution in [-0.2, 0) is 6.54 Å². The van der Waals surface area contributed by atoms with E-state index >= 15 is 0 Å². The van der Waals surface area contributed by atoms with Gasteiger partial charge in [-0.2, -0.15) is 0 Å². The Balaban J connectivity index is 2.00. The fraction of sp³-hybridized carbons (Fsp3) is 0.294. The summed E-state index contributed by atoms with van der Waals surface area (Å²) in [5.41, 5.74) is 3.46. The van der Waals surface area contributed by atoms with Gasteiger partial charge in [-0.25, -0.2) is 0 Å². The number of hydrogen-bond acceptors (Lipinski definition) is 2. The van der Waals surface area contributed by atoms with Crippen LogP contribution in [0.15, 0.2) is 46.9 Å². The highest BCUT2D eigenvalue weighted by molar-refractivity contribution is 9.10. The molecule has 0 aromatic heterocycles. The number of nitrogens with zero attached hydrogens (tertiary/aromatic N) is 1. The van der Waals surface area contributed by atoms with Crippen LogP contribution in [0.1, 0.15) is 19.4 Å². The molecule has 0 saturated carbocycles. The molecule has 0 bridgehead atoms. The minimum atomic E-state index is 0.726. The van der Waals surface area contributed by atoms with Gasteiger partial charge in [0, 0.05) is 29.8 Å². The third kappa shape index (κ3) is 4.39. The van der Waals surface area contributed by atoms with Gasteiger partial charge < -0.3 is 10.2 Å². The fourth-order valence-corrected chi connectivity index (χ4v) is 2.98. The van der Waals surface area contributed by atoms with Crippen LogP contribution in [0.25, 0.3) is 0 Å². The molecule has 0 fully saturated rings. The summed E-state index contributed by atoms with van der Waals surface area (Å²) in [7, 11) is 0. The summed E-state index contributed by atoms with van der Waals surface area (Å²) in [5, 5.41) is 4.09. The lowest BCUT2D eigenvalue weighted by atomic mass is 10.2. The van der Waals surface area contributed by atoms with Crippen LogP contribution >= 0.6 is 27.5 Å². The molecule has 0 aliphatic rings. The van der Waals surface area contributed by atoms with E-state index in [0.717, 1.165) is 34.8 Å². The maximum atomic E-state index is 6.20. The lowest BCUT2D eigenvalue weighted by Crippen LogP contribution is -2.21. The van der Waals surface area contributed by atoms with Gasteiger partial charge in [-0.15, -0.1) is 0 Å². The molecule has 0 heterocycles. The maximum Gasteiger partial charge on any atom is 0.0648 e. The Morgan fingerprint density at radius 2 is 1.71 bits per heavy atom. The molecule has 0 saturated heterocycles. The number of hydrogen-bond donors (Lipinski definition) is 1. The van der Waals surface area contributed by atoms with E-state index in [2.05, 4.69) is 64.3 Å². The number of anilines is 2. The molecule has 0 amide bonds. The second kappa shape index (κ2) is 7.71. The smallest absolute Gasteiger partial charge is 0.0648 e. The second-order valence-corrected chi connectivity index (χ2v) is 6.14. The van der Waals surface area contributed by atoms with Crippen LogP contribution in [-0.4, -0.2) is 13.1 Å². The minimum Gasteiger partial charge on any atom is -0.380 e. The molecule has 0 radical (unpaired) electrons. The standard InChI is InChI=1S/C17H20BrClN2/c1-3-21(4-2)15-8-5-13(6-9-15)12-20-17-10-7-14(18)11-16(17)19/h5-11,20H,3-4,12H2,1-2H3. The van der Waals surface area contributed by atoms with Gasteiger partial charge in [0.05, 0.1) is 10.7 Å². The quantitative estimate of drug-likeness (QED) is 0.719. The summed E-state index contributed by atoms with van der Waals surface area (Å²) in [6, 6.07) is 14.5. The van der Waals surface area contributed by atoms with Crippen LogP contribution < -0.4 is 10.2 Å². The molecule has 1 N–H and O–H groups in total. The molecular weight excluding hydrogens is 348 g/mol. The Morgan fingerprint density at radius 3 is 2.29 bits per heavy atom. The van der Waals surface area contributed by atoms with E-state index in [0.29, 0.717) is 0 Å². The summed E-state index contributed by atoms with van der Waals surface area (Å²) >= 11 is 9.61. The molecule has 0 aliphatic carbocycles. The van der Waals surface area contributed by atoms with E-state index < -0.39 is 0 Å². The topological polar surface area (TPSA) is 15.3 Å². The third-order valence-corrected chi connectivity index (χ3v) is 4.28. The van der Waals surface area contributed by atoms with Crippen LogP contribution in [0.4, 0.5) is 11.4 Å². The van der Waals surface area contributed by atoms with Crippen molar-refractivity contribution in [2.75, 3.05) is 23.3 Å². The van der Waals surface area contributed by atoms with Crippen molar-refractivity contribution in [3.05, 3.63) is 57.5 Å². The second-order valence-electron chi connectivity index (χ2n) is 4.82. The zero-order valence-electron chi connectivity index (χ0n) is 12.4. The van der Waals surface area contributed by atoms with E-state index in [1.165, 1.54) is 11.3 Å². The number of rotatable bonds is 6. The Labute approximate surface area is 140 Å². The van der Waals surface area contributed by atoms with Crippen molar-refractivity contribution in [2.24, 2.45) is 0 Å². The number of halogens is 2. The zero-order valence-corrected chi connectivity index (χ0v) is 14.7. The molecular formula is C17H20BrClN2. The van der Waals surface area contributed by atoms with Crippen LogP contribution in [0.5, 0.6) is 0 Å². The van der Waals surface area contributed by atoms with Gasteiger partial charge in [0.2, 0.25) is 0 Å². The van der Waals surface area contributed by atoms with Gasteiger partial charge in [-0.3, -0.25) is 0 Å². The van der Waals surface area contributed by atoms with Crippen molar-refractivity contribution in [3.8, 4) is 0 Å². The van der Waals surface area contributed by atoms with Crippen molar-refractivity contribution in [1.29, 1.82) is 0 Å². The fourth-order valence-electron chi connectivity index (χ4n) is 2.24. The van der Waals surface area contributed by atoms with Gasteiger partial charge in [0.1, 0.15) is 0 Å². The molecule has 2 nitrogen and oxygen atoms in total. The zero-order chi connectivity index (χ0) is 15.2. The first-order valence-electron chi connectivity index (χ1n) is 7.16. The Kier molecular flexibility index (Phi) is 5.95. The van der Waals surface area contributed by atoms with Gasteiger partial charge in [-0.1, -0.05) is 39.7 Å². The molecule has 21 heavy (non-hydrogen) atoms. The summed E-state index contributed by atoms with van der Waals surface area (Å²) < 4.78 is 0.988. The van der Waals surface area contributed by atoms with Crippen LogP contribution in [0.2, 0.25) is 5.02 Å². The Morgan fingerprint density at radius 1 is 1.05 bits per heavy atom. The lowest BCUT2D eigenvalue weighted by Gasteiger charge is -2.21. The van der Waals surface area contributed by atoms with E-state index in [9.17, 15) is 0 Å². The first kappa shape index (κ1) is 16.2. The average molecular weight is 368 g/mol. The monoisotopic (exact) mass is 366 g/mol. The number of nitrogens with one attached hydrogen (secondary N) is 1. The minimum absolute atomic E-state index is 0.726. The summed E-state index contributed by atoms with van der Waals surface area (Å²) in [6.07, 6.45) is 0. The molecule has 2 rings (SSSR count). The van der Waals surface area contributed by atoms with Gasteiger partial charge in [0.15, 0.2) is 0 Å². The van der Waals surface area contributed by atoms with Crippen molar-refractivity contribution >= 4 is 38.9 Å². The first-order valence-corrected chi connectivity index (χ1v) is 8.34. The Bertz CT molecular complexity index is 580. The highest BCUT2D eigenvalue weighted by atomic mass is 79.9. The number of benzene rings is 2. The molecule has 0 atom stereocenters. The average Bonchev–Trinajstić information content (AvgIpc) is 2.49. The molecule has 0 unspecified atom stereocenters. The summed E-state index contributed by atoms with van der Waals surface area (Å²) in [5.74, 6) is 0. The predicted molar refractivity (Wildman–Crippen MR) is 96.5 cm³/mol. The van der Waals surface area contributed by atoms with Gasteiger partial charge in [-0.05, 0) is 49.7 Å². The highest BCUT2D eigenvalue weighted by Gasteiger charge is 2.03. The first-order chi connectivity index (χ1) is 10.1. The normalized spacial score (nSPS) is 10.5. The largest absolute Gasteiger partial charge is 0.380 e. The highest BCUT2D eigenvalue weighted by Crippen LogP contribution is 2.26. The predicted octanol–water partition coefficient (Wildman–Crippen LogP) is 5.56. The molecule has 2 aromatic carbocycles. The molecule has 112 valence electrons. The lowest BCUT2D eigenvalue weighted by molar-refractivity contribution is 0.865. The van der Waals surface area contributed by atoms with Gasteiger partial charge in [0.25, 0.3) is 0 Å². The van der Waals surface area contributed by atoms with Crippen molar-refractivity contribution in [1.82, 2.24) is 0 Å². The SMILES string of the molecule is CCN(CC)c1ccc(CNc2ccc(Br)cc2Cl)cc1. The molecule has 2 aromatic rings. The van der Waals surface area contributed by atoms with Crippen molar-refractivity contribution in [3.63, 3.8) is 0 Å². The summed E-state index contributed by atoms with van der Waals surface area (Å²) in [4.78, 5) is 2.34. The Hall–Kier alpha value is -1.19. The van der Waals surface area contributed by atoms with E-state index in [1.807, 2.05) is 18.2 Å². The van der Waals surface area contributed by atoms with Crippen molar-refractivity contribution in [2.45, 2.75) is 20.4 Å². The van der Waals surface area contributed by atoms with Crippen molar-refractivity contribution < 1.29 is 0 Å². The van der Waals surface area contributed by atoms with E-state index in [1.54, 1.807) is 0 Å². The third-order valence-electron chi connectivity index (χ3n) is 3.48. The van der Waals surface area contributed by atoms with Gasteiger partial charge >= 0.3 is 0 Å². The molecule has 0 aliphatic heterocycles. The van der Waals surface area contributed by atoms with Crippen LogP contribution in [0, 0.1) is 0 Å². The van der Waals surface area contributed by atoms with Crippen LogP contribution in [0.3, 0.4) is 0 Å². The molecule has 4 heteroatoms. The maximum absolute atomic E-state index is 6.20. The summed E-state index contributed by atoms with van der Waals surface area (Å²) in [6.45, 7) is 7.17. The van der Waals surface area contributed by atoms with E-state index in [4.69, 9.17) is 11.6 Å². The van der Waals surface area contributed by atoms with E-state index in [-0.39, 0.29) is 0 Å². The molecule has 0 spiro atoms.